The second-order valence-electron chi connectivity index (χ2n) is 3.70. The molecule has 1 aromatic carbocycles. The van der Waals surface area contributed by atoms with E-state index in [0.717, 1.165) is 12.0 Å². The minimum atomic E-state index is -0.368. The van der Waals surface area contributed by atoms with Crippen LogP contribution >= 0.6 is 0 Å². The van der Waals surface area contributed by atoms with Gasteiger partial charge < -0.3 is 15.2 Å². The Labute approximate surface area is 88.0 Å². The third-order valence-corrected chi connectivity index (χ3v) is 2.74. The van der Waals surface area contributed by atoms with Crippen LogP contribution < -0.4 is 15.2 Å². The highest BCUT2D eigenvalue weighted by atomic mass is 19.1. The van der Waals surface area contributed by atoms with Crippen molar-refractivity contribution in [3.63, 3.8) is 0 Å². The molecule has 0 aliphatic heterocycles. The first-order valence-corrected chi connectivity index (χ1v) is 4.85. The monoisotopic (exact) mass is 211 g/mol. The number of nitrogens with two attached hydrogens (primary N) is 1. The lowest BCUT2D eigenvalue weighted by Crippen LogP contribution is -2.04. The molecule has 1 fully saturated rings. The summed E-state index contributed by atoms with van der Waals surface area (Å²) in [5.74, 6) is 0.691. The van der Waals surface area contributed by atoms with Gasteiger partial charge in [-0.1, -0.05) is 0 Å². The van der Waals surface area contributed by atoms with Gasteiger partial charge in [0.2, 0.25) is 0 Å². The highest BCUT2D eigenvalue weighted by Crippen LogP contribution is 2.48. The fourth-order valence-electron chi connectivity index (χ4n) is 1.84. The van der Waals surface area contributed by atoms with Crippen LogP contribution in [-0.4, -0.2) is 20.3 Å². The zero-order valence-electron chi connectivity index (χ0n) is 8.79. The second-order valence-corrected chi connectivity index (χ2v) is 3.70. The molecule has 0 amide bonds. The number of hydrogen-bond acceptors (Lipinski definition) is 3. The van der Waals surface area contributed by atoms with Gasteiger partial charge in [0.15, 0.2) is 11.6 Å². The fourth-order valence-corrected chi connectivity index (χ4v) is 1.84. The lowest BCUT2D eigenvalue weighted by molar-refractivity contribution is 0.365. The maximum atomic E-state index is 13.5. The average molecular weight is 211 g/mol. The van der Waals surface area contributed by atoms with Crippen LogP contribution in [0.15, 0.2) is 12.1 Å². The number of hydrogen-bond donors (Lipinski definition) is 1. The Kier molecular flexibility index (Phi) is 2.52. The van der Waals surface area contributed by atoms with Crippen LogP contribution in [-0.2, 0) is 0 Å². The van der Waals surface area contributed by atoms with Crippen LogP contribution in [0.3, 0.4) is 0 Å². The molecule has 0 radical (unpaired) electrons. The molecule has 0 heterocycles. The van der Waals surface area contributed by atoms with E-state index in [1.165, 1.54) is 13.2 Å². The second kappa shape index (κ2) is 3.70. The molecule has 2 N–H and O–H groups in total. The zero-order valence-corrected chi connectivity index (χ0v) is 8.79. The molecule has 0 saturated heterocycles. The van der Waals surface area contributed by atoms with Gasteiger partial charge in [0, 0.05) is 17.5 Å². The van der Waals surface area contributed by atoms with Crippen molar-refractivity contribution in [2.75, 3.05) is 14.2 Å². The summed E-state index contributed by atoms with van der Waals surface area (Å²) < 4.78 is 23.7. The minimum absolute atomic E-state index is 0.0922. The molecule has 0 aromatic heterocycles. The highest BCUT2D eigenvalue weighted by molar-refractivity contribution is 5.51. The SMILES string of the molecule is COc1ccc(F)c(OC)c1[C@@H]1C[C@H]1N. The van der Waals surface area contributed by atoms with Crippen molar-refractivity contribution in [2.24, 2.45) is 5.73 Å². The summed E-state index contributed by atoms with van der Waals surface area (Å²) in [4.78, 5) is 0. The smallest absolute Gasteiger partial charge is 0.165 e. The van der Waals surface area contributed by atoms with Crippen molar-refractivity contribution < 1.29 is 13.9 Å². The van der Waals surface area contributed by atoms with E-state index in [9.17, 15) is 4.39 Å². The van der Waals surface area contributed by atoms with Crippen LogP contribution in [0.2, 0.25) is 0 Å². The number of ether oxygens (including phenoxy) is 2. The summed E-state index contributed by atoms with van der Waals surface area (Å²) in [5.41, 5.74) is 6.52. The summed E-state index contributed by atoms with van der Waals surface area (Å²) >= 11 is 0. The third kappa shape index (κ3) is 1.65. The number of halogens is 1. The summed E-state index contributed by atoms with van der Waals surface area (Å²) in [5, 5.41) is 0. The molecule has 3 nitrogen and oxygen atoms in total. The molecule has 4 heteroatoms. The molecule has 2 atom stereocenters. The number of benzene rings is 1. The molecule has 1 aromatic rings. The van der Waals surface area contributed by atoms with Gasteiger partial charge in [0.1, 0.15) is 5.75 Å². The van der Waals surface area contributed by atoms with E-state index in [-0.39, 0.29) is 23.5 Å². The van der Waals surface area contributed by atoms with Crippen molar-refractivity contribution >= 4 is 0 Å². The Morgan fingerprint density at radius 3 is 2.47 bits per heavy atom. The van der Waals surface area contributed by atoms with Crippen molar-refractivity contribution in [3.05, 3.63) is 23.5 Å². The summed E-state index contributed by atoms with van der Waals surface area (Å²) in [7, 11) is 3.01. The van der Waals surface area contributed by atoms with Gasteiger partial charge in [-0.25, -0.2) is 4.39 Å². The molecular weight excluding hydrogens is 197 g/mol. The maximum absolute atomic E-state index is 13.5. The van der Waals surface area contributed by atoms with Crippen molar-refractivity contribution in [2.45, 2.75) is 18.4 Å². The van der Waals surface area contributed by atoms with Crippen LogP contribution in [0, 0.1) is 5.82 Å². The molecule has 1 aliphatic rings. The molecule has 1 aliphatic carbocycles. The van der Waals surface area contributed by atoms with Crippen molar-refractivity contribution in [1.29, 1.82) is 0 Å². The zero-order chi connectivity index (χ0) is 11.0. The van der Waals surface area contributed by atoms with Gasteiger partial charge in [-0.15, -0.1) is 0 Å². The van der Waals surface area contributed by atoms with Crippen LogP contribution in [0.1, 0.15) is 17.9 Å². The van der Waals surface area contributed by atoms with Crippen LogP contribution in [0.4, 0.5) is 4.39 Å². The summed E-state index contributed by atoms with van der Waals surface area (Å²) in [6, 6.07) is 3.04. The Bertz CT molecular complexity index is 381. The first-order chi connectivity index (χ1) is 7.19. The fraction of sp³-hybridized carbons (Fsp3) is 0.455. The van der Waals surface area contributed by atoms with E-state index in [1.54, 1.807) is 13.2 Å². The lowest BCUT2D eigenvalue weighted by Gasteiger charge is -2.13. The first-order valence-electron chi connectivity index (χ1n) is 4.85. The topological polar surface area (TPSA) is 44.5 Å². The molecule has 0 unspecified atom stereocenters. The Hall–Kier alpha value is -1.29. The van der Waals surface area contributed by atoms with E-state index in [1.807, 2.05) is 0 Å². The van der Waals surface area contributed by atoms with Crippen LogP contribution in [0.5, 0.6) is 11.5 Å². The van der Waals surface area contributed by atoms with Crippen LogP contribution in [0.25, 0.3) is 0 Å². The van der Waals surface area contributed by atoms with Gasteiger partial charge >= 0.3 is 0 Å². The van der Waals surface area contributed by atoms with Crippen molar-refractivity contribution in [3.8, 4) is 11.5 Å². The molecular formula is C11H14FNO2. The lowest BCUT2D eigenvalue weighted by atomic mass is 10.1. The normalized spacial score (nSPS) is 23.7. The Morgan fingerprint density at radius 1 is 1.33 bits per heavy atom. The van der Waals surface area contributed by atoms with Gasteiger partial charge in [-0.3, -0.25) is 0 Å². The molecule has 2 rings (SSSR count). The van der Waals surface area contributed by atoms with E-state index < -0.39 is 0 Å². The van der Waals surface area contributed by atoms with Gasteiger partial charge in [-0.05, 0) is 18.6 Å². The predicted molar refractivity (Wildman–Crippen MR) is 54.8 cm³/mol. The Balaban J connectivity index is 2.50. The first kappa shape index (κ1) is 10.2. The van der Waals surface area contributed by atoms with Gasteiger partial charge in [-0.2, -0.15) is 0 Å². The molecule has 0 bridgehead atoms. The van der Waals surface area contributed by atoms with E-state index in [0.29, 0.717) is 5.75 Å². The number of methoxy groups -OCH3 is 2. The van der Waals surface area contributed by atoms with Gasteiger partial charge in [0.25, 0.3) is 0 Å². The summed E-state index contributed by atoms with van der Waals surface area (Å²) in [6.45, 7) is 0. The standard InChI is InChI=1S/C11H14FNO2/c1-14-9-4-3-7(12)11(15-2)10(9)6-5-8(6)13/h3-4,6,8H,5,13H2,1-2H3/t6-,8-/m1/s1. The van der Waals surface area contributed by atoms with E-state index in [2.05, 4.69) is 0 Å². The quantitative estimate of drug-likeness (QED) is 0.826. The molecule has 15 heavy (non-hydrogen) atoms. The average Bonchev–Trinajstić information content (AvgIpc) is 2.94. The highest BCUT2D eigenvalue weighted by Gasteiger charge is 2.40. The molecule has 1 saturated carbocycles. The molecule has 0 spiro atoms. The maximum Gasteiger partial charge on any atom is 0.165 e. The Morgan fingerprint density at radius 2 is 2.00 bits per heavy atom. The van der Waals surface area contributed by atoms with Gasteiger partial charge in [0.05, 0.1) is 14.2 Å². The number of rotatable bonds is 3. The molecule has 82 valence electrons. The minimum Gasteiger partial charge on any atom is -0.496 e. The largest absolute Gasteiger partial charge is 0.496 e. The predicted octanol–water partition coefficient (Wildman–Crippen LogP) is 1.66. The van der Waals surface area contributed by atoms with E-state index >= 15 is 0 Å². The van der Waals surface area contributed by atoms with Crippen molar-refractivity contribution in [1.82, 2.24) is 0 Å². The van der Waals surface area contributed by atoms with E-state index in [4.69, 9.17) is 15.2 Å². The third-order valence-electron chi connectivity index (χ3n) is 2.74. The summed E-state index contributed by atoms with van der Waals surface area (Å²) in [6.07, 6.45) is 0.857.